The van der Waals surface area contributed by atoms with Gasteiger partial charge in [-0.3, -0.25) is 14.5 Å². The molecule has 4 aromatic rings. The van der Waals surface area contributed by atoms with Crippen LogP contribution in [0.4, 0.5) is 5.00 Å². The monoisotopic (exact) mass is 631 g/mol. The summed E-state index contributed by atoms with van der Waals surface area (Å²) in [5.41, 5.74) is 4.44. The van der Waals surface area contributed by atoms with Gasteiger partial charge in [-0.15, -0.1) is 11.3 Å². The average molecular weight is 632 g/mol. The van der Waals surface area contributed by atoms with Crippen molar-refractivity contribution in [1.29, 1.82) is 0 Å². The summed E-state index contributed by atoms with van der Waals surface area (Å²) in [6, 6.07) is 18.2. The molecule has 2 aliphatic heterocycles. The van der Waals surface area contributed by atoms with Gasteiger partial charge in [-0.2, -0.15) is 9.40 Å². The second-order valence-corrected chi connectivity index (χ2v) is 14.9. The van der Waals surface area contributed by atoms with Gasteiger partial charge in [0, 0.05) is 48.9 Å². The van der Waals surface area contributed by atoms with Crippen molar-refractivity contribution in [3.63, 3.8) is 0 Å². The van der Waals surface area contributed by atoms with Crippen LogP contribution in [-0.2, 0) is 29.5 Å². The lowest BCUT2D eigenvalue weighted by molar-refractivity contribution is 0.0942. The SMILES string of the molecule is Cc1cc(C)n(C(=O)c2c(NC(=O)c3ccc(S(=O)(=O)N4CCC(C)CC4)cc3)sc3c2CCN(Cc2ccccc2)C3)n1. The summed E-state index contributed by atoms with van der Waals surface area (Å²) in [4.78, 5) is 31.0. The van der Waals surface area contributed by atoms with Crippen LogP contribution in [0.15, 0.2) is 65.6 Å². The van der Waals surface area contributed by atoms with Crippen molar-refractivity contribution in [2.24, 2.45) is 5.92 Å². The molecule has 0 saturated carbocycles. The first-order valence-electron chi connectivity index (χ1n) is 15.0. The molecular formula is C33H37N5O4S2. The Balaban J connectivity index is 1.26. The van der Waals surface area contributed by atoms with E-state index in [1.807, 2.05) is 38.1 Å². The second-order valence-electron chi connectivity index (χ2n) is 11.9. The quantitative estimate of drug-likeness (QED) is 0.290. The number of amides is 1. The first-order valence-corrected chi connectivity index (χ1v) is 17.3. The van der Waals surface area contributed by atoms with Gasteiger partial charge in [0.25, 0.3) is 11.8 Å². The minimum atomic E-state index is -3.62. The van der Waals surface area contributed by atoms with Gasteiger partial charge in [0.15, 0.2) is 0 Å². The van der Waals surface area contributed by atoms with Gasteiger partial charge in [-0.25, -0.2) is 13.1 Å². The van der Waals surface area contributed by atoms with Crippen molar-refractivity contribution in [3.8, 4) is 0 Å². The molecule has 1 fully saturated rings. The van der Waals surface area contributed by atoms with E-state index in [4.69, 9.17) is 0 Å². The first-order chi connectivity index (χ1) is 21.1. The number of hydrogen-bond acceptors (Lipinski definition) is 7. The Hall–Kier alpha value is -3.64. The Labute approximate surface area is 262 Å². The zero-order valence-electron chi connectivity index (χ0n) is 25.2. The third kappa shape index (κ3) is 6.14. The van der Waals surface area contributed by atoms with Crippen molar-refractivity contribution in [2.45, 2.75) is 58.0 Å². The van der Waals surface area contributed by atoms with E-state index >= 15 is 0 Å². The topological polar surface area (TPSA) is 105 Å². The van der Waals surface area contributed by atoms with Gasteiger partial charge < -0.3 is 5.32 Å². The van der Waals surface area contributed by atoms with Crippen molar-refractivity contribution < 1.29 is 18.0 Å². The van der Waals surface area contributed by atoms with Crippen molar-refractivity contribution in [1.82, 2.24) is 19.0 Å². The predicted octanol–water partition coefficient (Wildman–Crippen LogP) is 5.48. The van der Waals surface area contributed by atoms with Crippen molar-refractivity contribution >= 4 is 38.2 Å². The lowest BCUT2D eigenvalue weighted by atomic mass is 10.0. The third-order valence-corrected chi connectivity index (χ3v) is 11.6. The Bertz CT molecular complexity index is 1790. The number of piperidine rings is 1. The fraction of sp³-hybridized carbons (Fsp3) is 0.364. The molecule has 0 bridgehead atoms. The molecule has 1 N–H and O–H groups in total. The highest BCUT2D eigenvalue weighted by Gasteiger charge is 2.31. The van der Waals surface area contributed by atoms with E-state index in [0.29, 0.717) is 48.1 Å². The van der Waals surface area contributed by atoms with E-state index in [9.17, 15) is 18.0 Å². The van der Waals surface area contributed by atoms with Crippen LogP contribution in [0.25, 0.3) is 0 Å². The van der Waals surface area contributed by atoms with Gasteiger partial charge in [-0.05, 0) is 80.5 Å². The van der Waals surface area contributed by atoms with Crippen LogP contribution in [0.5, 0.6) is 0 Å². The van der Waals surface area contributed by atoms with E-state index in [1.165, 1.54) is 50.2 Å². The second kappa shape index (κ2) is 12.4. The molecule has 2 aromatic heterocycles. The number of carbonyl (C=O) groups is 2. The summed E-state index contributed by atoms with van der Waals surface area (Å²) in [6.45, 7) is 9.09. The summed E-state index contributed by atoms with van der Waals surface area (Å²) in [6.07, 6.45) is 2.36. The standard InChI is InChI=1S/C33H37N5O4S2/c1-22-13-17-37(18-14-22)44(41,42)27-11-9-26(10-12-27)31(39)34-32-30(33(40)38-24(3)19-23(2)35-38)28-15-16-36(21-29(28)43-32)20-25-7-5-4-6-8-25/h4-12,19,22H,13-18,20-21H2,1-3H3,(H,34,39). The van der Waals surface area contributed by atoms with Crippen molar-refractivity contribution in [2.75, 3.05) is 25.0 Å². The van der Waals surface area contributed by atoms with Crippen LogP contribution in [0.2, 0.25) is 0 Å². The smallest absolute Gasteiger partial charge is 0.281 e. The number of rotatable bonds is 7. The van der Waals surface area contributed by atoms with E-state index < -0.39 is 15.9 Å². The molecule has 4 heterocycles. The number of sulfonamides is 1. The minimum Gasteiger partial charge on any atom is -0.313 e. The Morgan fingerprint density at radius 3 is 2.36 bits per heavy atom. The highest BCUT2D eigenvalue weighted by atomic mass is 32.2. The number of aryl methyl sites for hydroxylation is 2. The molecule has 0 aliphatic carbocycles. The van der Waals surface area contributed by atoms with E-state index in [-0.39, 0.29) is 10.8 Å². The number of nitrogens with zero attached hydrogens (tertiary/aromatic N) is 4. The Kier molecular flexibility index (Phi) is 8.56. The Morgan fingerprint density at radius 2 is 1.70 bits per heavy atom. The molecule has 9 nitrogen and oxygen atoms in total. The van der Waals surface area contributed by atoms with E-state index in [1.54, 1.807) is 0 Å². The number of fused-ring (bicyclic) bond motifs is 1. The van der Waals surface area contributed by atoms with Gasteiger partial charge >= 0.3 is 0 Å². The summed E-state index contributed by atoms with van der Waals surface area (Å²) in [5, 5.41) is 7.90. The largest absolute Gasteiger partial charge is 0.313 e. The minimum absolute atomic E-state index is 0.175. The molecule has 1 amide bonds. The van der Waals surface area contributed by atoms with Crippen LogP contribution < -0.4 is 5.32 Å². The zero-order valence-corrected chi connectivity index (χ0v) is 26.9. The molecule has 44 heavy (non-hydrogen) atoms. The maximum Gasteiger partial charge on any atom is 0.281 e. The van der Waals surface area contributed by atoms with Gasteiger partial charge in [-0.1, -0.05) is 37.3 Å². The molecular weight excluding hydrogens is 595 g/mol. The number of benzene rings is 2. The van der Waals surface area contributed by atoms with Crippen LogP contribution in [0.3, 0.4) is 0 Å². The normalized spacial score (nSPS) is 16.5. The van der Waals surface area contributed by atoms with Gasteiger partial charge in [0.1, 0.15) is 5.00 Å². The van der Waals surface area contributed by atoms with Gasteiger partial charge in [0.2, 0.25) is 10.0 Å². The van der Waals surface area contributed by atoms with Gasteiger partial charge in [0.05, 0.1) is 16.2 Å². The summed E-state index contributed by atoms with van der Waals surface area (Å²) in [5.74, 6) is -0.152. The Morgan fingerprint density at radius 1 is 1.00 bits per heavy atom. The van der Waals surface area contributed by atoms with Crippen LogP contribution >= 0.6 is 11.3 Å². The maximum absolute atomic E-state index is 13.9. The molecule has 6 rings (SSSR count). The van der Waals surface area contributed by atoms with Crippen LogP contribution in [0, 0.1) is 19.8 Å². The molecule has 230 valence electrons. The maximum atomic E-state index is 13.9. The number of hydrogen-bond donors (Lipinski definition) is 1. The number of anilines is 1. The molecule has 0 unspecified atom stereocenters. The lowest BCUT2D eigenvalue weighted by Gasteiger charge is -2.29. The van der Waals surface area contributed by atoms with Crippen LogP contribution in [-0.4, -0.2) is 58.9 Å². The van der Waals surface area contributed by atoms with E-state index in [0.717, 1.165) is 47.8 Å². The fourth-order valence-electron chi connectivity index (χ4n) is 6.02. The van der Waals surface area contributed by atoms with Crippen LogP contribution in [0.1, 0.15) is 67.9 Å². The molecule has 2 aromatic carbocycles. The van der Waals surface area contributed by atoms with E-state index in [2.05, 4.69) is 34.4 Å². The lowest BCUT2D eigenvalue weighted by Crippen LogP contribution is -2.37. The molecule has 2 aliphatic rings. The number of thiophene rings is 1. The summed E-state index contributed by atoms with van der Waals surface area (Å²) in [7, 11) is -3.62. The van der Waals surface area contributed by atoms with Crippen molar-refractivity contribution in [3.05, 3.63) is 99.2 Å². The molecule has 0 spiro atoms. The summed E-state index contributed by atoms with van der Waals surface area (Å²) >= 11 is 1.42. The zero-order chi connectivity index (χ0) is 31.0. The number of nitrogens with one attached hydrogen (secondary N) is 1. The number of carbonyl (C=O) groups excluding carboxylic acids is 2. The predicted molar refractivity (Wildman–Crippen MR) is 172 cm³/mol. The summed E-state index contributed by atoms with van der Waals surface area (Å²) < 4.78 is 29.3. The highest BCUT2D eigenvalue weighted by molar-refractivity contribution is 7.89. The molecule has 1 saturated heterocycles. The third-order valence-electron chi connectivity index (χ3n) is 8.52. The molecule has 11 heteroatoms. The molecule has 0 radical (unpaired) electrons. The fourth-order valence-corrected chi connectivity index (χ4v) is 8.76. The average Bonchev–Trinajstić information content (AvgIpc) is 3.55. The molecule has 0 atom stereocenters. The number of aromatic nitrogens is 2. The highest BCUT2D eigenvalue weighted by Crippen LogP contribution is 2.38. The first kappa shape index (κ1) is 30.4.